The van der Waals surface area contributed by atoms with Crippen molar-refractivity contribution in [2.75, 3.05) is 13.7 Å². The average molecular weight is 322 g/mol. The lowest BCUT2D eigenvalue weighted by molar-refractivity contribution is -0.125. The highest BCUT2D eigenvalue weighted by Crippen LogP contribution is 2.23. The molecule has 0 spiro atoms. The van der Waals surface area contributed by atoms with Crippen LogP contribution in [0.1, 0.15) is 37.5 Å². The summed E-state index contributed by atoms with van der Waals surface area (Å²) in [6.45, 7) is 6.30. The van der Waals surface area contributed by atoms with Gasteiger partial charge in [-0.05, 0) is 44.5 Å². The number of rotatable bonds is 4. The Labute approximate surface area is 143 Å². The minimum atomic E-state index is -0.575. The molecule has 1 aromatic heterocycles. The first kappa shape index (κ1) is 17.6. The molecule has 0 atom stereocenters. The van der Waals surface area contributed by atoms with Crippen molar-refractivity contribution in [2.45, 2.75) is 26.2 Å². The summed E-state index contributed by atoms with van der Waals surface area (Å²) in [5.41, 5.74) is 2.06. The summed E-state index contributed by atoms with van der Waals surface area (Å²) in [6.07, 6.45) is 3.37. The number of likely N-dealkylation sites (N-methyl/N-ethyl adjacent to an activating group) is 1. The molecule has 1 N–H and O–H groups in total. The summed E-state index contributed by atoms with van der Waals surface area (Å²) in [5, 5.41) is 2.70. The summed E-state index contributed by atoms with van der Waals surface area (Å²) in [6, 6.07) is 9.56. The number of nitrogens with one attached hydrogen (secondary N) is 1. The SMILES string of the molecule is CCOc1cnccc1C#Cc1ccc(C(C)(C)C(=O)NC)cc1. The Bertz CT molecular complexity index is 768. The fourth-order valence-electron chi connectivity index (χ4n) is 2.31. The normalized spacial score (nSPS) is 10.5. The third-order valence-electron chi connectivity index (χ3n) is 3.83. The molecule has 1 amide bonds. The average Bonchev–Trinajstić information content (AvgIpc) is 2.61. The van der Waals surface area contributed by atoms with Crippen LogP contribution in [-0.2, 0) is 10.2 Å². The lowest BCUT2D eigenvalue weighted by Gasteiger charge is -2.23. The van der Waals surface area contributed by atoms with Crippen LogP contribution in [0.4, 0.5) is 0 Å². The van der Waals surface area contributed by atoms with Gasteiger partial charge in [0.05, 0.1) is 23.8 Å². The first-order valence-corrected chi connectivity index (χ1v) is 7.90. The smallest absolute Gasteiger partial charge is 0.229 e. The zero-order chi connectivity index (χ0) is 17.6. The molecule has 0 saturated carbocycles. The third-order valence-corrected chi connectivity index (χ3v) is 3.83. The Hall–Kier alpha value is -2.80. The van der Waals surface area contributed by atoms with Crippen LogP contribution in [0.5, 0.6) is 5.75 Å². The van der Waals surface area contributed by atoms with Gasteiger partial charge in [0, 0.05) is 18.8 Å². The van der Waals surface area contributed by atoms with E-state index in [0.29, 0.717) is 12.4 Å². The van der Waals surface area contributed by atoms with Gasteiger partial charge in [0.15, 0.2) is 5.75 Å². The Morgan fingerprint density at radius 1 is 1.21 bits per heavy atom. The lowest BCUT2D eigenvalue weighted by atomic mass is 9.83. The van der Waals surface area contributed by atoms with Gasteiger partial charge in [0.2, 0.25) is 5.91 Å². The number of pyridine rings is 1. The molecule has 2 rings (SSSR count). The van der Waals surface area contributed by atoms with Crippen molar-refractivity contribution in [2.24, 2.45) is 0 Å². The Kier molecular flexibility index (Phi) is 5.59. The van der Waals surface area contributed by atoms with Crippen molar-refractivity contribution in [3.05, 3.63) is 59.4 Å². The maximum Gasteiger partial charge on any atom is 0.229 e. The number of amides is 1. The fraction of sp³-hybridized carbons (Fsp3) is 0.300. The molecule has 1 heterocycles. The molecule has 0 unspecified atom stereocenters. The van der Waals surface area contributed by atoms with Crippen LogP contribution in [0.15, 0.2) is 42.7 Å². The van der Waals surface area contributed by atoms with Gasteiger partial charge in [-0.2, -0.15) is 0 Å². The highest BCUT2D eigenvalue weighted by atomic mass is 16.5. The monoisotopic (exact) mass is 322 g/mol. The zero-order valence-electron chi connectivity index (χ0n) is 14.5. The largest absolute Gasteiger partial charge is 0.491 e. The van der Waals surface area contributed by atoms with Gasteiger partial charge >= 0.3 is 0 Å². The van der Waals surface area contributed by atoms with Gasteiger partial charge in [-0.1, -0.05) is 24.0 Å². The van der Waals surface area contributed by atoms with Crippen molar-refractivity contribution in [1.82, 2.24) is 10.3 Å². The summed E-state index contributed by atoms with van der Waals surface area (Å²) >= 11 is 0. The zero-order valence-corrected chi connectivity index (χ0v) is 14.5. The minimum absolute atomic E-state index is 0.0144. The standard InChI is InChI=1S/C20H22N2O2/c1-5-24-18-14-22-13-12-16(18)9-6-15-7-10-17(11-8-15)20(2,3)19(23)21-4/h7-8,10-14H,5H2,1-4H3,(H,21,23). The molecule has 4 heteroatoms. The summed E-state index contributed by atoms with van der Waals surface area (Å²) in [7, 11) is 1.65. The second-order valence-corrected chi connectivity index (χ2v) is 5.84. The third kappa shape index (κ3) is 3.94. The van der Waals surface area contributed by atoms with E-state index in [2.05, 4.69) is 22.1 Å². The number of ether oxygens (including phenoxy) is 1. The summed E-state index contributed by atoms with van der Waals surface area (Å²) in [4.78, 5) is 16.0. The van der Waals surface area contributed by atoms with E-state index in [-0.39, 0.29) is 5.91 Å². The fourth-order valence-corrected chi connectivity index (χ4v) is 2.31. The van der Waals surface area contributed by atoms with Gasteiger partial charge in [-0.15, -0.1) is 0 Å². The molecule has 124 valence electrons. The minimum Gasteiger partial charge on any atom is -0.491 e. The molecule has 0 saturated heterocycles. The Morgan fingerprint density at radius 3 is 2.54 bits per heavy atom. The van der Waals surface area contributed by atoms with Crippen LogP contribution >= 0.6 is 0 Å². The maximum atomic E-state index is 12.0. The second kappa shape index (κ2) is 7.65. The molecular formula is C20H22N2O2. The number of benzene rings is 1. The first-order chi connectivity index (χ1) is 11.5. The number of hydrogen-bond donors (Lipinski definition) is 1. The summed E-state index contributed by atoms with van der Waals surface area (Å²) < 4.78 is 5.52. The van der Waals surface area contributed by atoms with E-state index in [9.17, 15) is 4.79 Å². The molecule has 0 aliphatic carbocycles. The highest BCUT2D eigenvalue weighted by molar-refractivity contribution is 5.87. The number of carbonyl (C=O) groups is 1. The van der Waals surface area contributed by atoms with E-state index in [4.69, 9.17) is 4.74 Å². The molecule has 24 heavy (non-hydrogen) atoms. The van der Waals surface area contributed by atoms with Gasteiger partial charge in [0.1, 0.15) is 0 Å². The Balaban J connectivity index is 2.24. The lowest BCUT2D eigenvalue weighted by Crippen LogP contribution is -2.37. The molecular weight excluding hydrogens is 300 g/mol. The van der Waals surface area contributed by atoms with Crippen LogP contribution in [0.2, 0.25) is 0 Å². The van der Waals surface area contributed by atoms with Gasteiger partial charge < -0.3 is 10.1 Å². The topological polar surface area (TPSA) is 51.2 Å². The van der Waals surface area contributed by atoms with Crippen LogP contribution in [0, 0.1) is 11.8 Å². The van der Waals surface area contributed by atoms with Crippen molar-refractivity contribution in [3.63, 3.8) is 0 Å². The highest BCUT2D eigenvalue weighted by Gasteiger charge is 2.28. The molecule has 0 aliphatic heterocycles. The number of nitrogens with zero attached hydrogens (tertiary/aromatic N) is 1. The van der Waals surface area contributed by atoms with Crippen LogP contribution in [-0.4, -0.2) is 24.5 Å². The molecule has 0 aliphatic rings. The molecule has 2 aromatic rings. The number of aromatic nitrogens is 1. The van der Waals surface area contributed by atoms with Crippen molar-refractivity contribution in [1.29, 1.82) is 0 Å². The van der Waals surface area contributed by atoms with E-state index in [0.717, 1.165) is 16.7 Å². The second-order valence-electron chi connectivity index (χ2n) is 5.84. The van der Waals surface area contributed by atoms with Crippen molar-refractivity contribution < 1.29 is 9.53 Å². The molecule has 0 radical (unpaired) electrons. The Morgan fingerprint density at radius 2 is 1.92 bits per heavy atom. The van der Waals surface area contributed by atoms with Crippen LogP contribution in [0.3, 0.4) is 0 Å². The van der Waals surface area contributed by atoms with E-state index in [1.54, 1.807) is 19.4 Å². The summed E-state index contributed by atoms with van der Waals surface area (Å²) in [5.74, 6) is 6.91. The van der Waals surface area contributed by atoms with Gasteiger partial charge in [-0.3, -0.25) is 9.78 Å². The van der Waals surface area contributed by atoms with E-state index in [1.807, 2.05) is 51.1 Å². The molecule has 0 fully saturated rings. The van der Waals surface area contributed by atoms with Crippen LogP contribution in [0.25, 0.3) is 0 Å². The van der Waals surface area contributed by atoms with Crippen molar-refractivity contribution in [3.8, 4) is 17.6 Å². The number of hydrogen-bond acceptors (Lipinski definition) is 3. The van der Waals surface area contributed by atoms with Crippen LogP contribution < -0.4 is 10.1 Å². The number of carbonyl (C=O) groups excluding carboxylic acids is 1. The molecule has 0 bridgehead atoms. The predicted molar refractivity (Wildman–Crippen MR) is 94.9 cm³/mol. The van der Waals surface area contributed by atoms with Crippen molar-refractivity contribution >= 4 is 5.91 Å². The first-order valence-electron chi connectivity index (χ1n) is 7.90. The maximum absolute atomic E-state index is 12.0. The van der Waals surface area contributed by atoms with E-state index < -0.39 is 5.41 Å². The van der Waals surface area contributed by atoms with E-state index >= 15 is 0 Å². The molecule has 1 aromatic carbocycles. The quantitative estimate of drug-likeness (QED) is 0.881. The van der Waals surface area contributed by atoms with Gasteiger partial charge in [0.25, 0.3) is 0 Å². The van der Waals surface area contributed by atoms with Gasteiger partial charge in [-0.25, -0.2) is 0 Å². The molecule has 4 nitrogen and oxygen atoms in total. The predicted octanol–water partition coefficient (Wildman–Crippen LogP) is 2.90. The van der Waals surface area contributed by atoms with E-state index in [1.165, 1.54) is 0 Å².